The fourth-order valence-electron chi connectivity index (χ4n) is 2.13. The minimum atomic E-state index is -0.876. The SMILES string of the molecule is CCC(C)N(CC(=O)O)C(C)c1ccc([N+](=O)[O-])cc1. The lowest BCUT2D eigenvalue weighted by Crippen LogP contribution is -2.39. The third-order valence-corrected chi connectivity index (χ3v) is 3.56. The third-order valence-electron chi connectivity index (χ3n) is 3.56. The van der Waals surface area contributed by atoms with Crippen molar-refractivity contribution < 1.29 is 14.8 Å². The van der Waals surface area contributed by atoms with Gasteiger partial charge < -0.3 is 5.11 Å². The van der Waals surface area contributed by atoms with E-state index in [0.29, 0.717) is 0 Å². The van der Waals surface area contributed by atoms with E-state index in [1.165, 1.54) is 12.1 Å². The molecular formula is C14H20N2O4. The number of rotatable bonds is 7. The Labute approximate surface area is 118 Å². The number of hydrogen-bond acceptors (Lipinski definition) is 4. The number of carboxylic acid groups (broad SMARTS) is 1. The van der Waals surface area contributed by atoms with Crippen molar-refractivity contribution in [2.75, 3.05) is 6.54 Å². The summed E-state index contributed by atoms with van der Waals surface area (Å²) in [6.45, 7) is 5.84. The van der Waals surface area contributed by atoms with Crippen LogP contribution in [0.1, 0.15) is 38.8 Å². The fourth-order valence-corrected chi connectivity index (χ4v) is 2.13. The summed E-state index contributed by atoms with van der Waals surface area (Å²) in [5, 5.41) is 19.6. The van der Waals surface area contributed by atoms with Gasteiger partial charge in [0.15, 0.2) is 0 Å². The van der Waals surface area contributed by atoms with Crippen molar-refractivity contribution in [3.63, 3.8) is 0 Å². The van der Waals surface area contributed by atoms with E-state index in [1.54, 1.807) is 12.1 Å². The molecule has 6 heteroatoms. The van der Waals surface area contributed by atoms with Gasteiger partial charge in [0.05, 0.1) is 11.5 Å². The molecule has 1 rings (SSSR count). The van der Waals surface area contributed by atoms with Gasteiger partial charge in [-0.15, -0.1) is 0 Å². The van der Waals surface area contributed by atoms with Crippen LogP contribution in [0, 0.1) is 10.1 Å². The van der Waals surface area contributed by atoms with Gasteiger partial charge in [0.1, 0.15) is 0 Å². The molecule has 0 aliphatic carbocycles. The lowest BCUT2D eigenvalue weighted by molar-refractivity contribution is -0.384. The molecule has 6 nitrogen and oxygen atoms in total. The number of aliphatic carboxylic acids is 1. The molecule has 0 radical (unpaired) electrons. The second kappa shape index (κ2) is 7.00. The summed E-state index contributed by atoms with van der Waals surface area (Å²) >= 11 is 0. The first-order valence-corrected chi connectivity index (χ1v) is 6.58. The maximum Gasteiger partial charge on any atom is 0.317 e. The molecule has 0 bridgehead atoms. The Morgan fingerprint density at radius 2 is 1.90 bits per heavy atom. The molecule has 2 atom stereocenters. The highest BCUT2D eigenvalue weighted by Crippen LogP contribution is 2.25. The van der Waals surface area contributed by atoms with E-state index < -0.39 is 10.9 Å². The summed E-state index contributed by atoms with van der Waals surface area (Å²) in [5.41, 5.74) is 0.909. The van der Waals surface area contributed by atoms with E-state index in [9.17, 15) is 14.9 Å². The Morgan fingerprint density at radius 3 is 2.30 bits per heavy atom. The minimum Gasteiger partial charge on any atom is -0.480 e. The molecule has 1 N–H and O–H groups in total. The van der Waals surface area contributed by atoms with E-state index in [2.05, 4.69) is 0 Å². The number of carbonyl (C=O) groups is 1. The number of carboxylic acids is 1. The van der Waals surface area contributed by atoms with Crippen LogP contribution in [-0.4, -0.2) is 33.5 Å². The van der Waals surface area contributed by atoms with Crippen LogP contribution in [0.3, 0.4) is 0 Å². The Morgan fingerprint density at radius 1 is 1.35 bits per heavy atom. The molecule has 1 aromatic rings. The Balaban J connectivity index is 2.95. The average Bonchev–Trinajstić information content (AvgIpc) is 2.43. The highest BCUT2D eigenvalue weighted by Gasteiger charge is 2.23. The number of nitro groups is 1. The molecule has 0 saturated heterocycles. The number of hydrogen-bond donors (Lipinski definition) is 1. The normalized spacial score (nSPS) is 14.0. The molecule has 1 aromatic carbocycles. The van der Waals surface area contributed by atoms with Gasteiger partial charge in [0.25, 0.3) is 5.69 Å². The Hall–Kier alpha value is -1.95. The third kappa shape index (κ3) is 4.03. The van der Waals surface area contributed by atoms with E-state index in [0.717, 1.165) is 12.0 Å². The maximum absolute atomic E-state index is 11.0. The van der Waals surface area contributed by atoms with Crippen LogP contribution in [0.5, 0.6) is 0 Å². The zero-order valence-corrected chi connectivity index (χ0v) is 11.9. The van der Waals surface area contributed by atoms with Crippen LogP contribution in [-0.2, 0) is 4.79 Å². The van der Waals surface area contributed by atoms with Gasteiger partial charge in [0.2, 0.25) is 0 Å². The summed E-state index contributed by atoms with van der Waals surface area (Å²) in [4.78, 5) is 23.0. The van der Waals surface area contributed by atoms with E-state index >= 15 is 0 Å². The zero-order valence-electron chi connectivity index (χ0n) is 11.9. The largest absolute Gasteiger partial charge is 0.480 e. The second-order valence-electron chi connectivity index (χ2n) is 4.85. The van der Waals surface area contributed by atoms with Crippen LogP contribution >= 0.6 is 0 Å². The van der Waals surface area contributed by atoms with Crippen LogP contribution < -0.4 is 0 Å². The molecule has 0 heterocycles. The smallest absolute Gasteiger partial charge is 0.317 e. The lowest BCUT2D eigenvalue weighted by Gasteiger charge is -2.33. The number of nitro benzene ring substituents is 1. The van der Waals surface area contributed by atoms with Gasteiger partial charge in [-0.1, -0.05) is 19.1 Å². The maximum atomic E-state index is 11.0. The second-order valence-corrected chi connectivity index (χ2v) is 4.85. The Bertz CT molecular complexity index is 473. The number of nitrogens with zero attached hydrogens (tertiary/aromatic N) is 2. The van der Waals surface area contributed by atoms with Crippen LogP contribution in [0.2, 0.25) is 0 Å². The molecule has 0 fully saturated rings. The first kappa shape index (κ1) is 16.1. The molecule has 20 heavy (non-hydrogen) atoms. The van der Waals surface area contributed by atoms with Gasteiger partial charge in [-0.2, -0.15) is 0 Å². The van der Waals surface area contributed by atoms with Crippen molar-refractivity contribution in [1.82, 2.24) is 4.90 Å². The number of benzene rings is 1. The molecule has 0 amide bonds. The van der Waals surface area contributed by atoms with Gasteiger partial charge in [-0.05, 0) is 25.8 Å². The zero-order chi connectivity index (χ0) is 15.3. The molecule has 0 aromatic heterocycles. The van der Waals surface area contributed by atoms with Crippen molar-refractivity contribution in [1.29, 1.82) is 0 Å². The molecule has 0 aliphatic heterocycles. The van der Waals surface area contributed by atoms with Crippen LogP contribution in [0.4, 0.5) is 5.69 Å². The van der Waals surface area contributed by atoms with Crippen molar-refractivity contribution in [3.05, 3.63) is 39.9 Å². The van der Waals surface area contributed by atoms with Crippen molar-refractivity contribution in [2.24, 2.45) is 0 Å². The summed E-state index contributed by atoms with van der Waals surface area (Å²) in [5.74, 6) is -0.876. The van der Waals surface area contributed by atoms with Gasteiger partial charge in [0, 0.05) is 24.2 Å². The van der Waals surface area contributed by atoms with Crippen molar-refractivity contribution >= 4 is 11.7 Å². The molecule has 0 saturated carbocycles. The highest BCUT2D eigenvalue weighted by atomic mass is 16.6. The van der Waals surface area contributed by atoms with Gasteiger partial charge >= 0.3 is 5.97 Å². The minimum absolute atomic E-state index is 0.0364. The topological polar surface area (TPSA) is 83.7 Å². The van der Waals surface area contributed by atoms with E-state index in [-0.39, 0.29) is 24.3 Å². The van der Waals surface area contributed by atoms with Crippen molar-refractivity contribution in [2.45, 2.75) is 39.3 Å². The van der Waals surface area contributed by atoms with E-state index in [1.807, 2.05) is 25.7 Å². The van der Waals surface area contributed by atoms with Gasteiger partial charge in [-0.25, -0.2) is 0 Å². The van der Waals surface area contributed by atoms with Crippen LogP contribution in [0.15, 0.2) is 24.3 Å². The van der Waals surface area contributed by atoms with E-state index in [4.69, 9.17) is 5.11 Å². The van der Waals surface area contributed by atoms with Crippen LogP contribution in [0.25, 0.3) is 0 Å². The summed E-state index contributed by atoms with van der Waals surface area (Å²) < 4.78 is 0. The monoisotopic (exact) mass is 280 g/mol. The molecular weight excluding hydrogens is 260 g/mol. The Kier molecular flexibility index (Phi) is 5.64. The summed E-state index contributed by atoms with van der Waals surface area (Å²) in [7, 11) is 0. The highest BCUT2D eigenvalue weighted by molar-refractivity contribution is 5.69. The fraction of sp³-hybridized carbons (Fsp3) is 0.500. The first-order chi connectivity index (χ1) is 9.36. The lowest BCUT2D eigenvalue weighted by atomic mass is 10.0. The average molecular weight is 280 g/mol. The summed E-state index contributed by atoms with van der Waals surface area (Å²) in [6.07, 6.45) is 0.838. The van der Waals surface area contributed by atoms with Crippen molar-refractivity contribution in [3.8, 4) is 0 Å². The standard InChI is InChI=1S/C14H20N2O4/c1-4-10(2)15(9-14(17)18)11(3)12-5-7-13(8-6-12)16(19)20/h5-8,10-11H,4,9H2,1-3H3,(H,17,18). The predicted molar refractivity (Wildman–Crippen MR) is 75.6 cm³/mol. The number of non-ortho nitro benzene ring substituents is 1. The molecule has 110 valence electrons. The quantitative estimate of drug-likeness (QED) is 0.613. The van der Waals surface area contributed by atoms with Gasteiger partial charge in [-0.3, -0.25) is 19.8 Å². The predicted octanol–water partition coefficient (Wildman–Crippen LogP) is 2.84. The summed E-state index contributed by atoms with van der Waals surface area (Å²) in [6, 6.07) is 6.26. The molecule has 0 aliphatic rings. The molecule has 2 unspecified atom stereocenters. The first-order valence-electron chi connectivity index (χ1n) is 6.58. The molecule has 0 spiro atoms.